The zero-order valence-electron chi connectivity index (χ0n) is 9.35. The fraction of sp³-hybridized carbons (Fsp3) is 0.0667. The van der Waals surface area contributed by atoms with Crippen molar-refractivity contribution >= 4 is 11.8 Å². The van der Waals surface area contributed by atoms with E-state index in [9.17, 15) is 0 Å². The van der Waals surface area contributed by atoms with E-state index in [0.717, 1.165) is 5.69 Å². The fourth-order valence-corrected chi connectivity index (χ4v) is 1.45. The monoisotopic (exact) mass is 209 g/mol. The van der Waals surface area contributed by atoms with Gasteiger partial charge < -0.3 is 5.32 Å². The van der Waals surface area contributed by atoms with E-state index in [1.54, 1.807) is 0 Å². The Morgan fingerprint density at radius 1 is 0.875 bits per heavy atom. The molecule has 1 N–H and O–H groups in total. The average Bonchev–Trinajstić information content (AvgIpc) is 2.33. The molecule has 1 nitrogen and oxygen atoms in total. The van der Waals surface area contributed by atoms with E-state index in [4.69, 9.17) is 0 Å². The Hall–Kier alpha value is -2.02. The van der Waals surface area contributed by atoms with Crippen LogP contribution in [0.4, 0.5) is 5.69 Å². The van der Waals surface area contributed by atoms with Gasteiger partial charge in [0.05, 0.1) is 0 Å². The predicted octanol–water partition coefficient (Wildman–Crippen LogP) is 4.08. The molecule has 16 heavy (non-hydrogen) atoms. The minimum atomic E-state index is 1.11. The molecule has 80 valence electrons. The standard InChI is InChI=1S/C15H15N/c1-13-7-9-15(10-8-13)16-12-11-14-5-3-2-4-6-14/h2-12,16H,1H3. The van der Waals surface area contributed by atoms with Gasteiger partial charge >= 0.3 is 0 Å². The zero-order chi connectivity index (χ0) is 11.2. The molecular weight excluding hydrogens is 194 g/mol. The lowest BCUT2D eigenvalue weighted by atomic mass is 10.2. The maximum Gasteiger partial charge on any atom is 0.0379 e. The third kappa shape index (κ3) is 2.99. The van der Waals surface area contributed by atoms with Crippen molar-refractivity contribution in [1.29, 1.82) is 0 Å². The number of aryl methyl sites for hydroxylation is 1. The van der Waals surface area contributed by atoms with Gasteiger partial charge in [0.2, 0.25) is 0 Å². The highest BCUT2D eigenvalue weighted by atomic mass is 14.8. The summed E-state index contributed by atoms with van der Waals surface area (Å²) in [7, 11) is 0. The summed E-state index contributed by atoms with van der Waals surface area (Å²) in [5.74, 6) is 0. The number of hydrogen-bond donors (Lipinski definition) is 1. The highest BCUT2D eigenvalue weighted by molar-refractivity contribution is 5.55. The summed E-state index contributed by atoms with van der Waals surface area (Å²) in [4.78, 5) is 0. The first kappa shape index (κ1) is 10.5. The molecule has 0 aliphatic heterocycles. The van der Waals surface area contributed by atoms with E-state index in [-0.39, 0.29) is 0 Å². The van der Waals surface area contributed by atoms with Gasteiger partial charge in [0.15, 0.2) is 0 Å². The Morgan fingerprint density at radius 2 is 1.56 bits per heavy atom. The molecule has 0 aliphatic carbocycles. The molecule has 0 heterocycles. The molecule has 0 amide bonds. The summed E-state index contributed by atoms with van der Waals surface area (Å²) >= 11 is 0. The summed E-state index contributed by atoms with van der Waals surface area (Å²) < 4.78 is 0. The van der Waals surface area contributed by atoms with Gasteiger partial charge in [-0.3, -0.25) is 0 Å². The molecular formula is C15H15N. The summed E-state index contributed by atoms with van der Waals surface area (Å²) in [6, 6.07) is 18.6. The van der Waals surface area contributed by atoms with E-state index in [2.05, 4.69) is 54.7 Å². The summed E-state index contributed by atoms with van der Waals surface area (Å²) in [6.45, 7) is 2.09. The minimum Gasteiger partial charge on any atom is -0.362 e. The van der Waals surface area contributed by atoms with Gasteiger partial charge in [-0.05, 0) is 30.7 Å². The van der Waals surface area contributed by atoms with Gasteiger partial charge in [-0.15, -0.1) is 0 Å². The van der Waals surface area contributed by atoms with Crippen molar-refractivity contribution in [3.63, 3.8) is 0 Å². The van der Waals surface area contributed by atoms with Crippen LogP contribution >= 0.6 is 0 Å². The van der Waals surface area contributed by atoms with Crippen LogP contribution in [0, 0.1) is 6.92 Å². The molecule has 0 spiro atoms. The van der Waals surface area contributed by atoms with Crippen LogP contribution < -0.4 is 5.32 Å². The summed E-state index contributed by atoms with van der Waals surface area (Å²) in [5, 5.41) is 3.24. The lowest BCUT2D eigenvalue weighted by Gasteiger charge is -2.00. The molecule has 0 saturated carbocycles. The first-order valence-electron chi connectivity index (χ1n) is 5.39. The highest BCUT2D eigenvalue weighted by Gasteiger charge is 1.87. The number of nitrogens with one attached hydrogen (secondary N) is 1. The summed E-state index contributed by atoms with van der Waals surface area (Å²) in [6.07, 6.45) is 4.01. The van der Waals surface area contributed by atoms with Crippen molar-refractivity contribution in [3.8, 4) is 0 Å². The van der Waals surface area contributed by atoms with E-state index >= 15 is 0 Å². The predicted molar refractivity (Wildman–Crippen MR) is 70.3 cm³/mol. The molecule has 0 aromatic heterocycles. The first-order chi connectivity index (χ1) is 7.84. The van der Waals surface area contributed by atoms with Crippen LogP contribution in [0.5, 0.6) is 0 Å². The second-order valence-electron chi connectivity index (χ2n) is 3.75. The maximum atomic E-state index is 3.24. The SMILES string of the molecule is Cc1ccc(NC=Cc2ccccc2)cc1. The quantitative estimate of drug-likeness (QED) is 0.803. The Balaban J connectivity index is 1.97. The van der Waals surface area contributed by atoms with Crippen molar-refractivity contribution in [2.24, 2.45) is 0 Å². The Bertz CT molecular complexity index is 455. The third-order valence-corrected chi connectivity index (χ3v) is 2.38. The van der Waals surface area contributed by atoms with Gasteiger partial charge in [0.1, 0.15) is 0 Å². The fourth-order valence-electron chi connectivity index (χ4n) is 1.45. The van der Waals surface area contributed by atoms with E-state index < -0.39 is 0 Å². The first-order valence-corrected chi connectivity index (χ1v) is 5.39. The molecule has 0 saturated heterocycles. The van der Waals surface area contributed by atoms with Gasteiger partial charge in [-0.25, -0.2) is 0 Å². The molecule has 2 aromatic carbocycles. The highest BCUT2D eigenvalue weighted by Crippen LogP contribution is 2.09. The molecule has 0 atom stereocenters. The van der Waals surface area contributed by atoms with Crippen LogP contribution in [0.2, 0.25) is 0 Å². The average molecular weight is 209 g/mol. The van der Waals surface area contributed by atoms with Crippen LogP contribution in [-0.4, -0.2) is 0 Å². The van der Waals surface area contributed by atoms with Gasteiger partial charge in [-0.2, -0.15) is 0 Å². The summed E-state index contributed by atoms with van der Waals surface area (Å²) in [5.41, 5.74) is 3.58. The Morgan fingerprint density at radius 3 is 2.25 bits per heavy atom. The van der Waals surface area contributed by atoms with Crippen molar-refractivity contribution in [2.75, 3.05) is 5.32 Å². The maximum absolute atomic E-state index is 3.24. The molecule has 0 bridgehead atoms. The second-order valence-corrected chi connectivity index (χ2v) is 3.75. The van der Waals surface area contributed by atoms with Gasteiger partial charge in [0, 0.05) is 11.9 Å². The van der Waals surface area contributed by atoms with E-state index in [1.807, 2.05) is 24.4 Å². The molecule has 0 radical (unpaired) electrons. The van der Waals surface area contributed by atoms with Crippen molar-refractivity contribution in [1.82, 2.24) is 0 Å². The van der Waals surface area contributed by atoms with Gasteiger partial charge in [0.25, 0.3) is 0 Å². The smallest absolute Gasteiger partial charge is 0.0379 e. The Labute approximate surface area is 96.4 Å². The molecule has 0 unspecified atom stereocenters. The van der Waals surface area contributed by atoms with Gasteiger partial charge in [-0.1, -0.05) is 48.0 Å². The van der Waals surface area contributed by atoms with Crippen molar-refractivity contribution in [3.05, 3.63) is 71.9 Å². The number of benzene rings is 2. The van der Waals surface area contributed by atoms with E-state index in [1.165, 1.54) is 11.1 Å². The molecule has 0 fully saturated rings. The topological polar surface area (TPSA) is 12.0 Å². The molecule has 2 aromatic rings. The Kier molecular flexibility index (Phi) is 3.39. The molecule has 1 heteroatoms. The van der Waals surface area contributed by atoms with Crippen LogP contribution in [-0.2, 0) is 0 Å². The molecule has 2 rings (SSSR count). The van der Waals surface area contributed by atoms with Crippen molar-refractivity contribution in [2.45, 2.75) is 6.92 Å². The number of rotatable bonds is 3. The van der Waals surface area contributed by atoms with Crippen LogP contribution in [0.1, 0.15) is 11.1 Å². The van der Waals surface area contributed by atoms with Crippen LogP contribution in [0.3, 0.4) is 0 Å². The number of anilines is 1. The van der Waals surface area contributed by atoms with E-state index in [0.29, 0.717) is 0 Å². The lowest BCUT2D eigenvalue weighted by Crippen LogP contribution is -1.86. The zero-order valence-corrected chi connectivity index (χ0v) is 9.35. The number of hydrogen-bond acceptors (Lipinski definition) is 1. The van der Waals surface area contributed by atoms with Crippen LogP contribution in [0.25, 0.3) is 6.08 Å². The molecule has 0 aliphatic rings. The normalized spacial score (nSPS) is 10.6. The lowest BCUT2D eigenvalue weighted by molar-refractivity contribution is 1.46. The second kappa shape index (κ2) is 5.17. The third-order valence-electron chi connectivity index (χ3n) is 2.38. The van der Waals surface area contributed by atoms with Crippen LogP contribution in [0.15, 0.2) is 60.8 Å². The minimum absolute atomic E-state index is 1.11. The van der Waals surface area contributed by atoms with Crippen molar-refractivity contribution < 1.29 is 0 Å². The largest absolute Gasteiger partial charge is 0.362 e.